The summed E-state index contributed by atoms with van der Waals surface area (Å²) in [4.78, 5) is 4.38. The van der Waals surface area contributed by atoms with Crippen molar-refractivity contribution in [3.05, 3.63) is 53.7 Å². The molecule has 1 heterocycles. The van der Waals surface area contributed by atoms with Crippen LogP contribution in [0.2, 0.25) is 0 Å². The fourth-order valence-corrected chi connectivity index (χ4v) is 3.19. The van der Waals surface area contributed by atoms with E-state index in [0.29, 0.717) is 18.3 Å². The molecule has 0 saturated heterocycles. The highest BCUT2D eigenvalue weighted by atomic mass is 32.2. The first-order valence-corrected chi connectivity index (χ1v) is 9.75. The maximum Gasteiger partial charge on any atom is 0.179 e. The van der Waals surface area contributed by atoms with Crippen LogP contribution >= 0.6 is 0 Å². The number of anilines is 1. The molecule has 0 atom stereocenters. The number of rotatable bonds is 7. The normalized spacial score (nSPS) is 11.7. The molecule has 0 bridgehead atoms. The summed E-state index contributed by atoms with van der Waals surface area (Å²) < 4.78 is 23.4. The molecule has 1 N–H and O–H groups in total. The summed E-state index contributed by atoms with van der Waals surface area (Å²) in [5.74, 6) is 0.981. The summed E-state index contributed by atoms with van der Waals surface area (Å²) in [5, 5.41) is 3.13. The Morgan fingerprint density at radius 2 is 1.83 bits per heavy atom. The zero-order valence-electron chi connectivity index (χ0n) is 13.9. The van der Waals surface area contributed by atoms with Gasteiger partial charge in [-0.25, -0.2) is 13.4 Å². The van der Waals surface area contributed by atoms with E-state index >= 15 is 0 Å². The first-order chi connectivity index (χ1) is 10.9. The number of nitrogens with zero attached hydrogens (tertiary/aromatic N) is 1. The van der Waals surface area contributed by atoms with E-state index in [1.165, 1.54) is 17.4 Å². The van der Waals surface area contributed by atoms with E-state index in [-0.39, 0.29) is 4.90 Å². The summed E-state index contributed by atoms with van der Waals surface area (Å²) in [6.07, 6.45) is 4.67. The predicted octanol–water partition coefficient (Wildman–Crippen LogP) is 3.65. The van der Waals surface area contributed by atoms with Crippen LogP contribution in [0.5, 0.6) is 0 Å². The molecule has 0 aliphatic carbocycles. The molecule has 0 saturated carbocycles. The highest BCUT2D eigenvalue weighted by molar-refractivity contribution is 7.90. The van der Waals surface area contributed by atoms with Gasteiger partial charge in [0.25, 0.3) is 0 Å². The maximum atomic E-state index is 11.7. The minimum atomic E-state index is -3.26. The third kappa shape index (κ3) is 5.06. The molecule has 2 rings (SSSR count). The smallest absolute Gasteiger partial charge is 0.179 e. The van der Waals surface area contributed by atoms with Crippen LogP contribution in [-0.2, 0) is 16.3 Å². The summed E-state index contributed by atoms with van der Waals surface area (Å²) in [7, 11) is -3.26. The van der Waals surface area contributed by atoms with Crippen LogP contribution in [0.25, 0.3) is 0 Å². The van der Waals surface area contributed by atoms with Crippen molar-refractivity contribution >= 4 is 15.7 Å². The average molecular weight is 332 g/mol. The monoisotopic (exact) mass is 332 g/mol. The minimum absolute atomic E-state index is 0.251. The van der Waals surface area contributed by atoms with Gasteiger partial charge in [0.1, 0.15) is 10.7 Å². The van der Waals surface area contributed by atoms with E-state index < -0.39 is 9.84 Å². The lowest BCUT2D eigenvalue weighted by atomic mass is 10.0. The zero-order chi connectivity index (χ0) is 16.9. The molecule has 0 unspecified atom stereocenters. The standard InChI is InChI=1S/C18H24N2O2S/c1-14(2)16-10-8-15(9-11-16)6-4-12-19-18-17(23(3,21)22)7-5-13-20-18/h5,7-11,13-14H,4,6,12H2,1-3H3,(H,19,20). The number of nitrogens with one attached hydrogen (secondary N) is 1. The Balaban J connectivity index is 1.89. The Kier molecular flexibility index (Phi) is 5.77. The second kappa shape index (κ2) is 7.59. The molecular weight excluding hydrogens is 308 g/mol. The number of benzene rings is 1. The molecular formula is C18H24N2O2S. The molecule has 23 heavy (non-hydrogen) atoms. The largest absolute Gasteiger partial charge is 0.369 e. The van der Waals surface area contributed by atoms with E-state index in [1.807, 2.05) is 0 Å². The van der Waals surface area contributed by atoms with Crippen LogP contribution in [0.3, 0.4) is 0 Å². The lowest BCUT2D eigenvalue weighted by molar-refractivity contribution is 0.601. The fourth-order valence-electron chi connectivity index (χ4n) is 2.39. The van der Waals surface area contributed by atoms with Crippen molar-refractivity contribution in [2.45, 2.75) is 37.5 Å². The molecule has 0 fully saturated rings. The first-order valence-electron chi connectivity index (χ1n) is 7.85. The van der Waals surface area contributed by atoms with Gasteiger partial charge in [-0.15, -0.1) is 0 Å². The van der Waals surface area contributed by atoms with Crippen molar-refractivity contribution in [2.75, 3.05) is 18.1 Å². The van der Waals surface area contributed by atoms with Gasteiger partial charge in [0, 0.05) is 19.0 Å². The van der Waals surface area contributed by atoms with Crippen LogP contribution in [-0.4, -0.2) is 26.2 Å². The van der Waals surface area contributed by atoms with E-state index in [2.05, 4.69) is 48.4 Å². The summed E-state index contributed by atoms with van der Waals surface area (Å²) in [5.41, 5.74) is 2.64. The van der Waals surface area contributed by atoms with Crippen molar-refractivity contribution in [1.29, 1.82) is 0 Å². The number of hydrogen-bond acceptors (Lipinski definition) is 4. The molecule has 1 aromatic carbocycles. The Labute approximate surface area is 138 Å². The lowest BCUT2D eigenvalue weighted by Gasteiger charge is -2.10. The summed E-state index contributed by atoms with van der Waals surface area (Å²) in [6.45, 7) is 5.06. The van der Waals surface area contributed by atoms with Crippen LogP contribution in [0.1, 0.15) is 37.3 Å². The van der Waals surface area contributed by atoms with E-state index in [9.17, 15) is 8.42 Å². The highest BCUT2D eigenvalue weighted by Gasteiger charge is 2.13. The van der Waals surface area contributed by atoms with Crippen molar-refractivity contribution in [3.8, 4) is 0 Å². The molecule has 0 aliphatic rings. The number of pyridine rings is 1. The maximum absolute atomic E-state index is 11.7. The van der Waals surface area contributed by atoms with Gasteiger partial charge in [-0.1, -0.05) is 38.1 Å². The van der Waals surface area contributed by atoms with Crippen molar-refractivity contribution in [1.82, 2.24) is 4.98 Å². The van der Waals surface area contributed by atoms with Crippen LogP contribution in [0.4, 0.5) is 5.82 Å². The molecule has 4 nitrogen and oxygen atoms in total. The Morgan fingerprint density at radius 3 is 2.43 bits per heavy atom. The SMILES string of the molecule is CC(C)c1ccc(CCCNc2ncccc2S(C)(=O)=O)cc1. The molecule has 2 aromatic rings. The van der Waals surface area contributed by atoms with Gasteiger partial charge in [-0.05, 0) is 42.0 Å². The number of aromatic nitrogens is 1. The molecule has 124 valence electrons. The number of hydrogen-bond donors (Lipinski definition) is 1. The predicted molar refractivity (Wildman–Crippen MR) is 94.7 cm³/mol. The molecule has 0 aliphatic heterocycles. The van der Waals surface area contributed by atoms with Crippen LogP contribution in [0, 0.1) is 0 Å². The van der Waals surface area contributed by atoms with Gasteiger partial charge >= 0.3 is 0 Å². The van der Waals surface area contributed by atoms with E-state index in [1.54, 1.807) is 18.3 Å². The molecule has 0 radical (unpaired) electrons. The van der Waals surface area contributed by atoms with Gasteiger partial charge in [-0.2, -0.15) is 0 Å². The highest BCUT2D eigenvalue weighted by Crippen LogP contribution is 2.18. The minimum Gasteiger partial charge on any atom is -0.369 e. The second-order valence-electron chi connectivity index (χ2n) is 6.05. The van der Waals surface area contributed by atoms with Crippen LogP contribution < -0.4 is 5.32 Å². The topological polar surface area (TPSA) is 59.1 Å². The Hall–Kier alpha value is -1.88. The molecule has 1 aromatic heterocycles. The van der Waals surface area contributed by atoms with Gasteiger partial charge in [-0.3, -0.25) is 0 Å². The third-order valence-corrected chi connectivity index (χ3v) is 4.88. The van der Waals surface area contributed by atoms with Crippen LogP contribution in [0.15, 0.2) is 47.5 Å². The summed E-state index contributed by atoms with van der Waals surface area (Å²) >= 11 is 0. The zero-order valence-corrected chi connectivity index (χ0v) is 14.7. The first kappa shape index (κ1) is 17.5. The Morgan fingerprint density at radius 1 is 1.13 bits per heavy atom. The number of sulfone groups is 1. The third-order valence-electron chi connectivity index (χ3n) is 3.75. The molecule has 0 amide bonds. The van der Waals surface area contributed by atoms with Crippen molar-refractivity contribution < 1.29 is 8.42 Å². The van der Waals surface area contributed by atoms with E-state index in [0.717, 1.165) is 12.8 Å². The number of aryl methyl sites for hydroxylation is 1. The van der Waals surface area contributed by atoms with E-state index in [4.69, 9.17) is 0 Å². The summed E-state index contributed by atoms with van der Waals surface area (Å²) in [6, 6.07) is 11.9. The Bertz CT molecular complexity index is 738. The molecule has 0 spiro atoms. The lowest BCUT2D eigenvalue weighted by Crippen LogP contribution is -2.09. The van der Waals surface area contributed by atoms with Gasteiger partial charge in [0.2, 0.25) is 0 Å². The van der Waals surface area contributed by atoms with Crippen molar-refractivity contribution in [2.24, 2.45) is 0 Å². The average Bonchev–Trinajstić information content (AvgIpc) is 2.51. The molecule has 5 heteroatoms. The van der Waals surface area contributed by atoms with Gasteiger partial charge in [0.05, 0.1) is 0 Å². The fraction of sp³-hybridized carbons (Fsp3) is 0.389. The van der Waals surface area contributed by atoms with Gasteiger partial charge in [0.15, 0.2) is 9.84 Å². The van der Waals surface area contributed by atoms with Gasteiger partial charge < -0.3 is 5.32 Å². The second-order valence-corrected chi connectivity index (χ2v) is 8.03. The van der Waals surface area contributed by atoms with Crippen molar-refractivity contribution in [3.63, 3.8) is 0 Å². The quantitative estimate of drug-likeness (QED) is 0.786.